The van der Waals surface area contributed by atoms with Crippen LogP contribution in [0.1, 0.15) is 43.6 Å². The molecule has 21 heavy (non-hydrogen) atoms. The summed E-state index contributed by atoms with van der Waals surface area (Å²) in [5, 5.41) is 7.31. The van der Waals surface area contributed by atoms with Crippen molar-refractivity contribution in [2.24, 2.45) is 13.0 Å². The number of carbonyl (C=O) groups is 1. The minimum absolute atomic E-state index is 0.0986. The molecule has 0 unspecified atom stereocenters. The lowest BCUT2D eigenvalue weighted by Gasteiger charge is -2.08. The molecule has 0 radical (unpaired) electrons. The molecular formula is C16H29N3O2. The van der Waals surface area contributed by atoms with Crippen LogP contribution in [0.5, 0.6) is 0 Å². The molecule has 1 amide bonds. The average molecular weight is 295 g/mol. The summed E-state index contributed by atoms with van der Waals surface area (Å²) in [6.07, 6.45) is 2.13. The molecule has 0 atom stereocenters. The van der Waals surface area contributed by atoms with Crippen molar-refractivity contribution < 1.29 is 9.53 Å². The van der Waals surface area contributed by atoms with Crippen LogP contribution in [-0.2, 0) is 23.0 Å². The molecule has 0 aromatic carbocycles. The van der Waals surface area contributed by atoms with Crippen molar-refractivity contribution in [2.45, 2.75) is 47.0 Å². The summed E-state index contributed by atoms with van der Waals surface area (Å²) in [5.41, 5.74) is 3.35. The molecule has 0 saturated heterocycles. The third-order valence-electron chi connectivity index (χ3n) is 3.50. The highest BCUT2D eigenvalue weighted by Crippen LogP contribution is 2.13. The van der Waals surface area contributed by atoms with Gasteiger partial charge in [-0.05, 0) is 38.2 Å². The Morgan fingerprint density at radius 2 is 2.10 bits per heavy atom. The van der Waals surface area contributed by atoms with Crippen LogP contribution in [-0.4, -0.2) is 35.4 Å². The Balaban J connectivity index is 2.17. The van der Waals surface area contributed by atoms with Gasteiger partial charge in [0.1, 0.15) is 0 Å². The molecule has 0 bridgehead atoms. The minimum atomic E-state index is 0.0986. The van der Waals surface area contributed by atoms with E-state index in [1.54, 1.807) is 0 Å². The maximum atomic E-state index is 11.8. The minimum Gasteiger partial charge on any atom is -0.381 e. The lowest BCUT2D eigenvalue weighted by Crippen LogP contribution is -2.25. The second-order valence-electron chi connectivity index (χ2n) is 5.95. The van der Waals surface area contributed by atoms with Gasteiger partial charge in [-0.3, -0.25) is 9.48 Å². The molecule has 0 spiro atoms. The van der Waals surface area contributed by atoms with Crippen molar-refractivity contribution in [3.05, 3.63) is 17.0 Å². The second-order valence-corrected chi connectivity index (χ2v) is 5.95. The number of amides is 1. The van der Waals surface area contributed by atoms with Gasteiger partial charge < -0.3 is 10.1 Å². The van der Waals surface area contributed by atoms with E-state index in [0.717, 1.165) is 30.8 Å². The van der Waals surface area contributed by atoms with Gasteiger partial charge in [0, 0.05) is 38.9 Å². The van der Waals surface area contributed by atoms with Crippen molar-refractivity contribution in [2.75, 3.05) is 19.8 Å². The van der Waals surface area contributed by atoms with Crippen LogP contribution in [0.25, 0.3) is 0 Å². The number of nitrogens with one attached hydrogen (secondary N) is 1. The van der Waals surface area contributed by atoms with Gasteiger partial charge in [0.15, 0.2) is 0 Å². The zero-order valence-electron chi connectivity index (χ0n) is 14.0. The number of rotatable bonds is 9. The van der Waals surface area contributed by atoms with Crippen LogP contribution in [0.15, 0.2) is 0 Å². The molecule has 1 aromatic heterocycles. The summed E-state index contributed by atoms with van der Waals surface area (Å²) >= 11 is 0. The maximum absolute atomic E-state index is 11.8. The first-order valence-electron chi connectivity index (χ1n) is 7.75. The van der Waals surface area contributed by atoms with Crippen LogP contribution in [0.2, 0.25) is 0 Å². The van der Waals surface area contributed by atoms with E-state index in [9.17, 15) is 4.79 Å². The lowest BCUT2D eigenvalue weighted by molar-refractivity contribution is -0.121. The summed E-state index contributed by atoms with van der Waals surface area (Å²) in [6.45, 7) is 10.5. The van der Waals surface area contributed by atoms with Crippen LogP contribution >= 0.6 is 0 Å². The Morgan fingerprint density at radius 1 is 1.38 bits per heavy atom. The number of aryl methyl sites for hydroxylation is 2. The van der Waals surface area contributed by atoms with Crippen molar-refractivity contribution in [3.8, 4) is 0 Å². The highest BCUT2D eigenvalue weighted by Gasteiger charge is 2.11. The summed E-state index contributed by atoms with van der Waals surface area (Å²) in [5.74, 6) is 0.659. The first kappa shape index (κ1) is 17.7. The van der Waals surface area contributed by atoms with Gasteiger partial charge in [-0.15, -0.1) is 0 Å². The highest BCUT2D eigenvalue weighted by atomic mass is 16.5. The van der Waals surface area contributed by atoms with Gasteiger partial charge >= 0.3 is 0 Å². The molecule has 1 aromatic rings. The summed E-state index contributed by atoms with van der Waals surface area (Å²) in [7, 11) is 1.93. The number of hydrogen-bond acceptors (Lipinski definition) is 3. The van der Waals surface area contributed by atoms with Gasteiger partial charge in [0.05, 0.1) is 5.69 Å². The summed E-state index contributed by atoms with van der Waals surface area (Å²) < 4.78 is 7.35. The molecule has 5 heteroatoms. The largest absolute Gasteiger partial charge is 0.381 e. The van der Waals surface area contributed by atoms with E-state index >= 15 is 0 Å². The van der Waals surface area contributed by atoms with Crippen LogP contribution in [0, 0.1) is 19.8 Å². The molecule has 1 N–H and O–H groups in total. The fourth-order valence-electron chi connectivity index (χ4n) is 2.23. The smallest absolute Gasteiger partial charge is 0.220 e. The Bertz CT molecular complexity index is 453. The van der Waals surface area contributed by atoms with E-state index in [1.807, 2.05) is 25.6 Å². The third kappa shape index (κ3) is 6.29. The quantitative estimate of drug-likeness (QED) is 0.710. The predicted molar refractivity (Wildman–Crippen MR) is 84.3 cm³/mol. The molecule has 120 valence electrons. The van der Waals surface area contributed by atoms with Crippen LogP contribution < -0.4 is 5.32 Å². The molecule has 0 saturated carbocycles. The van der Waals surface area contributed by atoms with Crippen molar-refractivity contribution >= 4 is 5.91 Å². The normalized spacial score (nSPS) is 11.1. The Labute approximate surface area is 128 Å². The molecule has 0 fully saturated rings. The van der Waals surface area contributed by atoms with Gasteiger partial charge in [0.2, 0.25) is 5.91 Å². The Morgan fingerprint density at radius 3 is 2.67 bits per heavy atom. The Kier molecular flexibility index (Phi) is 7.43. The standard InChI is InChI=1S/C16H29N3O2/c1-12(2)11-21-10-6-9-17-16(20)8-7-15-13(3)18-19(5)14(15)4/h12H,6-11H2,1-5H3,(H,17,20). The fraction of sp³-hybridized carbons (Fsp3) is 0.750. The fourth-order valence-corrected chi connectivity index (χ4v) is 2.23. The highest BCUT2D eigenvalue weighted by molar-refractivity contribution is 5.76. The summed E-state index contributed by atoms with van der Waals surface area (Å²) in [6, 6.07) is 0. The first-order chi connectivity index (χ1) is 9.91. The number of ether oxygens (including phenoxy) is 1. The predicted octanol–water partition coefficient (Wildman–Crippen LogP) is 2.15. The number of nitrogens with zero attached hydrogens (tertiary/aromatic N) is 2. The zero-order chi connectivity index (χ0) is 15.8. The maximum Gasteiger partial charge on any atom is 0.220 e. The van der Waals surface area contributed by atoms with Gasteiger partial charge in [0.25, 0.3) is 0 Å². The van der Waals surface area contributed by atoms with Crippen molar-refractivity contribution in [1.82, 2.24) is 15.1 Å². The third-order valence-corrected chi connectivity index (χ3v) is 3.50. The van der Waals surface area contributed by atoms with E-state index in [1.165, 1.54) is 5.56 Å². The summed E-state index contributed by atoms with van der Waals surface area (Å²) in [4.78, 5) is 11.8. The lowest BCUT2D eigenvalue weighted by atomic mass is 10.1. The SMILES string of the molecule is Cc1nn(C)c(C)c1CCC(=O)NCCCOCC(C)C. The molecule has 1 rings (SSSR count). The molecule has 0 aliphatic carbocycles. The number of hydrogen-bond donors (Lipinski definition) is 1. The first-order valence-corrected chi connectivity index (χ1v) is 7.75. The average Bonchev–Trinajstić information content (AvgIpc) is 2.65. The van der Waals surface area contributed by atoms with Crippen molar-refractivity contribution in [1.29, 1.82) is 0 Å². The van der Waals surface area contributed by atoms with Crippen LogP contribution in [0.3, 0.4) is 0 Å². The second kappa shape index (κ2) is 8.82. The molecule has 0 aliphatic rings. The molecule has 0 aliphatic heterocycles. The zero-order valence-corrected chi connectivity index (χ0v) is 14.0. The van der Waals surface area contributed by atoms with E-state index in [4.69, 9.17) is 4.74 Å². The molecular weight excluding hydrogens is 266 g/mol. The van der Waals surface area contributed by atoms with Gasteiger partial charge in [-0.1, -0.05) is 13.8 Å². The van der Waals surface area contributed by atoms with Gasteiger partial charge in [-0.25, -0.2) is 0 Å². The molecule has 1 heterocycles. The van der Waals surface area contributed by atoms with E-state index in [2.05, 4.69) is 24.3 Å². The van der Waals surface area contributed by atoms with Crippen LogP contribution in [0.4, 0.5) is 0 Å². The van der Waals surface area contributed by atoms with E-state index < -0.39 is 0 Å². The molecule has 5 nitrogen and oxygen atoms in total. The van der Waals surface area contributed by atoms with Crippen molar-refractivity contribution in [3.63, 3.8) is 0 Å². The Hall–Kier alpha value is -1.36. The number of carbonyl (C=O) groups excluding carboxylic acids is 1. The van der Waals surface area contributed by atoms with Gasteiger partial charge in [-0.2, -0.15) is 5.10 Å². The van der Waals surface area contributed by atoms with E-state index in [-0.39, 0.29) is 5.91 Å². The number of aromatic nitrogens is 2. The van der Waals surface area contributed by atoms with E-state index in [0.29, 0.717) is 25.5 Å². The topological polar surface area (TPSA) is 56.2 Å². The monoisotopic (exact) mass is 295 g/mol.